The van der Waals surface area contributed by atoms with Gasteiger partial charge in [-0.15, -0.1) is 0 Å². The standard InChI is InChI=1S/C20H25ClN2O2/c1-3-25-19-10-6-17(7-11-19)14-23(2)15-20(24)22-13-12-16-4-8-18(21)9-5-16/h4-11H,3,12-15H2,1-2H3,(H,22,24). The van der Waals surface area contributed by atoms with Crippen LogP contribution in [0.3, 0.4) is 0 Å². The Morgan fingerprint density at radius 1 is 1.08 bits per heavy atom. The molecule has 0 fully saturated rings. The summed E-state index contributed by atoms with van der Waals surface area (Å²) in [5, 5.41) is 3.68. The molecule has 0 heterocycles. The minimum absolute atomic E-state index is 0.0300. The molecular weight excluding hydrogens is 336 g/mol. The van der Waals surface area contributed by atoms with Gasteiger partial charge >= 0.3 is 0 Å². The fourth-order valence-electron chi connectivity index (χ4n) is 2.52. The van der Waals surface area contributed by atoms with Crippen LogP contribution in [-0.4, -0.2) is 37.6 Å². The van der Waals surface area contributed by atoms with Crippen LogP contribution in [0.1, 0.15) is 18.1 Å². The van der Waals surface area contributed by atoms with Gasteiger partial charge in [-0.05, 0) is 55.8 Å². The monoisotopic (exact) mass is 360 g/mol. The lowest BCUT2D eigenvalue weighted by atomic mass is 10.1. The van der Waals surface area contributed by atoms with Crippen molar-refractivity contribution in [3.8, 4) is 5.75 Å². The van der Waals surface area contributed by atoms with Gasteiger partial charge in [0.25, 0.3) is 0 Å². The van der Waals surface area contributed by atoms with Crippen molar-refractivity contribution in [2.24, 2.45) is 0 Å². The largest absolute Gasteiger partial charge is 0.494 e. The molecule has 0 bridgehead atoms. The second-order valence-corrected chi connectivity index (χ2v) is 6.41. The molecule has 2 rings (SSSR count). The Labute approximate surface area is 154 Å². The Bertz CT molecular complexity index is 656. The van der Waals surface area contributed by atoms with E-state index >= 15 is 0 Å². The zero-order chi connectivity index (χ0) is 18.1. The topological polar surface area (TPSA) is 41.6 Å². The van der Waals surface area contributed by atoms with Crippen molar-refractivity contribution >= 4 is 17.5 Å². The molecular formula is C20H25ClN2O2. The van der Waals surface area contributed by atoms with Crippen molar-refractivity contribution in [2.75, 3.05) is 26.7 Å². The van der Waals surface area contributed by atoms with E-state index in [1.165, 1.54) is 0 Å². The molecule has 0 saturated heterocycles. The van der Waals surface area contributed by atoms with E-state index in [0.29, 0.717) is 19.7 Å². The Morgan fingerprint density at radius 3 is 2.36 bits per heavy atom. The first-order chi connectivity index (χ1) is 12.1. The van der Waals surface area contributed by atoms with Crippen LogP contribution in [0.25, 0.3) is 0 Å². The van der Waals surface area contributed by atoms with Crippen LogP contribution < -0.4 is 10.1 Å². The molecule has 4 nitrogen and oxygen atoms in total. The van der Waals surface area contributed by atoms with Crippen molar-refractivity contribution < 1.29 is 9.53 Å². The zero-order valence-electron chi connectivity index (χ0n) is 14.8. The van der Waals surface area contributed by atoms with Crippen molar-refractivity contribution in [1.29, 1.82) is 0 Å². The van der Waals surface area contributed by atoms with Crippen LogP contribution in [0.4, 0.5) is 0 Å². The Kier molecular flexibility index (Phi) is 7.76. The lowest BCUT2D eigenvalue weighted by molar-refractivity contribution is -0.122. The van der Waals surface area contributed by atoms with Gasteiger partial charge in [0.05, 0.1) is 13.2 Å². The highest BCUT2D eigenvalue weighted by molar-refractivity contribution is 6.30. The molecule has 1 N–H and O–H groups in total. The van der Waals surface area contributed by atoms with Crippen molar-refractivity contribution in [1.82, 2.24) is 10.2 Å². The lowest BCUT2D eigenvalue weighted by Gasteiger charge is -2.16. The molecule has 5 heteroatoms. The number of likely N-dealkylation sites (N-methyl/N-ethyl adjacent to an activating group) is 1. The van der Waals surface area contributed by atoms with Crippen LogP contribution in [0.5, 0.6) is 5.75 Å². The zero-order valence-corrected chi connectivity index (χ0v) is 15.6. The minimum Gasteiger partial charge on any atom is -0.494 e. The average molecular weight is 361 g/mol. The van der Waals surface area contributed by atoms with E-state index in [2.05, 4.69) is 5.32 Å². The van der Waals surface area contributed by atoms with E-state index in [4.69, 9.17) is 16.3 Å². The number of benzene rings is 2. The number of hydrogen-bond acceptors (Lipinski definition) is 3. The average Bonchev–Trinajstić information content (AvgIpc) is 2.58. The molecule has 2 aromatic rings. The van der Waals surface area contributed by atoms with Crippen LogP contribution in [0.15, 0.2) is 48.5 Å². The van der Waals surface area contributed by atoms with Crippen LogP contribution >= 0.6 is 11.6 Å². The van der Waals surface area contributed by atoms with Crippen molar-refractivity contribution in [2.45, 2.75) is 19.9 Å². The Balaban J connectivity index is 1.69. The van der Waals surface area contributed by atoms with Crippen LogP contribution in [0, 0.1) is 0 Å². The molecule has 0 aliphatic carbocycles. The van der Waals surface area contributed by atoms with Gasteiger partial charge in [0.1, 0.15) is 5.75 Å². The predicted molar refractivity (Wildman–Crippen MR) is 102 cm³/mol. The fraction of sp³-hybridized carbons (Fsp3) is 0.350. The van der Waals surface area contributed by atoms with Gasteiger partial charge in [0.2, 0.25) is 5.91 Å². The smallest absolute Gasteiger partial charge is 0.234 e. The van der Waals surface area contributed by atoms with E-state index in [9.17, 15) is 4.79 Å². The molecule has 0 unspecified atom stereocenters. The first kappa shape index (κ1) is 19.3. The number of ether oxygens (including phenoxy) is 1. The first-order valence-corrected chi connectivity index (χ1v) is 8.86. The second kappa shape index (κ2) is 10.1. The highest BCUT2D eigenvalue weighted by Gasteiger charge is 2.07. The number of amides is 1. The number of nitrogens with one attached hydrogen (secondary N) is 1. The van der Waals surface area contributed by atoms with Crippen LogP contribution in [0.2, 0.25) is 5.02 Å². The van der Waals surface area contributed by atoms with Gasteiger partial charge in [0, 0.05) is 18.1 Å². The normalized spacial score (nSPS) is 10.7. The summed E-state index contributed by atoms with van der Waals surface area (Å²) < 4.78 is 5.43. The molecule has 0 saturated carbocycles. The molecule has 25 heavy (non-hydrogen) atoms. The van der Waals surface area contributed by atoms with Gasteiger partial charge in [-0.1, -0.05) is 35.9 Å². The van der Waals surface area contributed by atoms with E-state index in [-0.39, 0.29) is 5.91 Å². The highest BCUT2D eigenvalue weighted by Crippen LogP contribution is 2.13. The third kappa shape index (κ3) is 7.16. The number of hydrogen-bond donors (Lipinski definition) is 1. The van der Waals surface area contributed by atoms with Crippen molar-refractivity contribution in [3.05, 3.63) is 64.7 Å². The third-order valence-corrected chi connectivity index (χ3v) is 4.00. The second-order valence-electron chi connectivity index (χ2n) is 5.98. The minimum atomic E-state index is 0.0300. The first-order valence-electron chi connectivity index (χ1n) is 8.48. The third-order valence-electron chi connectivity index (χ3n) is 3.75. The molecule has 0 atom stereocenters. The van der Waals surface area contributed by atoms with Gasteiger partial charge in [-0.3, -0.25) is 9.69 Å². The maximum atomic E-state index is 12.0. The van der Waals surface area contributed by atoms with Crippen molar-refractivity contribution in [3.63, 3.8) is 0 Å². The van der Waals surface area contributed by atoms with Gasteiger partial charge in [-0.2, -0.15) is 0 Å². The fourth-order valence-corrected chi connectivity index (χ4v) is 2.65. The predicted octanol–water partition coefficient (Wildman–Crippen LogP) is 3.53. The molecule has 1 amide bonds. The molecule has 2 aromatic carbocycles. The summed E-state index contributed by atoms with van der Waals surface area (Å²) in [5.41, 5.74) is 2.31. The highest BCUT2D eigenvalue weighted by atomic mass is 35.5. The molecule has 0 aliphatic rings. The summed E-state index contributed by atoms with van der Waals surface area (Å²) in [6.07, 6.45) is 0.797. The van der Waals surface area contributed by atoms with E-state index in [1.54, 1.807) is 0 Å². The van der Waals surface area contributed by atoms with Crippen LogP contribution in [-0.2, 0) is 17.8 Å². The quantitative estimate of drug-likeness (QED) is 0.743. The van der Waals surface area contributed by atoms with E-state index in [0.717, 1.165) is 34.9 Å². The summed E-state index contributed by atoms with van der Waals surface area (Å²) in [6.45, 7) is 4.34. The Morgan fingerprint density at radius 2 is 1.72 bits per heavy atom. The number of carbonyl (C=O) groups is 1. The number of halogens is 1. The molecule has 0 radical (unpaired) electrons. The Hall–Kier alpha value is -2.04. The summed E-state index contributed by atoms with van der Waals surface area (Å²) in [7, 11) is 1.94. The molecule has 134 valence electrons. The SMILES string of the molecule is CCOc1ccc(CN(C)CC(=O)NCCc2ccc(Cl)cc2)cc1. The van der Waals surface area contributed by atoms with Gasteiger partial charge in [-0.25, -0.2) is 0 Å². The summed E-state index contributed by atoms with van der Waals surface area (Å²) in [4.78, 5) is 14.0. The lowest BCUT2D eigenvalue weighted by Crippen LogP contribution is -2.35. The summed E-state index contributed by atoms with van der Waals surface area (Å²) in [6, 6.07) is 15.7. The molecule has 0 aromatic heterocycles. The van der Waals surface area contributed by atoms with E-state index < -0.39 is 0 Å². The summed E-state index contributed by atoms with van der Waals surface area (Å²) in [5.74, 6) is 0.899. The summed E-state index contributed by atoms with van der Waals surface area (Å²) >= 11 is 5.86. The van der Waals surface area contributed by atoms with E-state index in [1.807, 2.05) is 67.4 Å². The molecule has 0 aliphatic heterocycles. The van der Waals surface area contributed by atoms with Gasteiger partial charge < -0.3 is 10.1 Å². The van der Waals surface area contributed by atoms with Gasteiger partial charge in [0.15, 0.2) is 0 Å². The number of carbonyl (C=O) groups excluding carboxylic acids is 1. The number of nitrogens with zero attached hydrogens (tertiary/aromatic N) is 1. The molecule has 0 spiro atoms. The number of rotatable bonds is 9. The maximum absolute atomic E-state index is 12.0. The maximum Gasteiger partial charge on any atom is 0.234 e.